The Hall–Kier alpha value is -3.64. The zero-order chi connectivity index (χ0) is 25.7. The lowest BCUT2D eigenvalue weighted by molar-refractivity contribution is -0.134. The normalized spacial score (nSPS) is 11.1. The molecule has 2 aromatic carbocycles. The molecular weight excluding hydrogens is 500 g/mol. The summed E-state index contributed by atoms with van der Waals surface area (Å²) < 4.78 is 3.72. The minimum absolute atomic E-state index is 0.129. The van der Waals surface area contributed by atoms with Crippen molar-refractivity contribution in [2.45, 2.75) is 37.0 Å². The van der Waals surface area contributed by atoms with Crippen LogP contribution in [0.15, 0.2) is 58.8 Å². The molecule has 0 bridgehead atoms. The van der Waals surface area contributed by atoms with Crippen LogP contribution in [0.1, 0.15) is 22.8 Å². The SMILES string of the molecule is Cc1ccc(-n2c(CCc3nnc(SCC(=O)O)n3-c3ccc(C)cc3)nnc2SCC(=O)O)cc1. The van der Waals surface area contributed by atoms with Crippen LogP contribution in [0.2, 0.25) is 0 Å². The van der Waals surface area contributed by atoms with Crippen molar-refractivity contribution in [2.75, 3.05) is 11.5 Å². The van der Waals surface area contributed by atoms with Gasteiger partial charge in [-0.15, -0.1) is 20.4 Å². The number of nitrogens with zero attached hydrogens (tertiary/aromatic N) is 6. The summed E-state index contributed by atoms with van der Waals surface area (Å²) in [7, 11) is 0. The maximum Gasteiger partial charge on any atom is 0.313 e. The molecule has 0 aliphatic heterocycles. The molecule has 12 heteroatoms. The maximum absolute atomic E-state index is 11.1. The Morgan fingerprint density at radius 2 is 1.03 bits per heavy atom. The molecule has 0 atom stereocenters. The van der Waals surface area contributed by atoms with Gasteiger partial charge in [0.05, 0.1) is 11.5 Å². The Labute approximate surface area is 215 Å². The molecule has 2 N–H and O–H groups in total. The van der Waals surface area contributed by atoms with Crippen molar-refractivity contribution in [3.05, 3.63) is 71.3 Å². The highest BCUT2D eigenvalue weighted by Gasteiger charge is 2.19. The van der Waals surface area contributed by atoms with Gasteiger partial charge in [-0.2, -0.15) is 0 Å². The lowest BCUT2D eigenvalue weighted by Crippen LogP contribution is -2.09. The third-order valence-corrected chi connectivity index (χ3v) is 7.03. The van der Waals surface area contributed by atoms with E-state index in [1.807, 2.05) is 71.5 Å². The molecule has 4 aromatic rings. The van der Waals surface area contributed by atoms with Crippen LogP contribution in [-0.2, 0) is 22.4 Å². The lowest BCUT2D eigenvalue weighted by Gasteiger charge is -2.12. The number of rotatable bonds is 11. The predicted molar refractivity (Wildman–Crippen MR) is 136 cm³/mol. The highest BCUT2D eigenvalue weighted by molar-refractivity contribution is 8.00. The van der Waals surface area contributed by atoms with Crippen molar-refractivity contribution < 1.29 is 19.8 Å². The molecule has 2 aromatic heterocycles. The van der Waals surface area contributed by atoms with Crippen LogP contribution in [0, 0.1) is 13.8 Å². The van der Waals surface area contributed by atoms with E-state index in [0.29, 0.717) is 34.8 Å². The van der Waals surface area contributed by atoms with E-state index >= 15 is 0 Å². The Kier molecular flexibility index (Phi) is 8.06. The lowest BCUT2D eigenvalue weighted by atomic mass is 10.2. The topological polar surface area (TPSA) is 136 Å². The predicted octanol–water partition coefficient (Wildman–Crippen LogP) is 3.60. The zero-order valence-electron chi connectivity index (χ0n) is 19.7. The number of hydrogen-bond donors (Lipinski definition) is 2. The summed E-state index contributed by atoms with van der Waals surface area (Å²) in [4.78, 5) is 22.3. The number of aromatic nitrogens is 6. The highest BCUT2D eigenvalue weighted by Crippen LogP contribution is 2.25. The molecule has 0 saturated carbocycles. The number of thioether (sulfide) groups is 2. The highest BCUT2D eigenvalue weighted by atomic mass is 32.2. The minimum Gasteiger partial charge on any atom is -0.481 e. The van der Waals surface area contributed by atoms with Crippen molar-refractivity contribution in [3.63, 3.8) is 0 Å². The van der Waals surface area contributed by atoms with Gasteiger partial charge in [0.25, 0.3) is 0 Å². The first kappa shape index (κ1) is 25.5. The Morgan fingerprint density at radius 1 is 0.667 bits per heavy atom. The molecular formula is C24H24N6O4S2. The molecule has 0 unspecified atom stereocenters. The largest absolute Gasteiger partial charge is 0.481 e. The molecule has 0 aliphatic rings. The van der Waals surface area contributed by atoms with E-state index in [-0.39, 0.29) is 11.5 Å². The Balaban J connectivity index is 1.65. The number of carboxylic acid groups (broad SMARTS) is 2. The molecule has 4 rings (SSSR count). The van der Waals surface area contributed by atoms with Gasteiger partial charge in [0.1, 0.15) is 11.6 Å². The van der Waals surface area contributed by atoms with Crippen LogP contribution < -0.4 is 0 Å². The standard InChI is InChI=1S/C24H24N6O4S2/c1-15-3-7-17(8-4-15)29-19(25-27-23(29)35-13-21(31)32)11-12-20-26-28-24(36-14-22(33)34)30(20)18-9-5-16(2)6-10-18/h3-10H,11-14H2,1-2H3,(H,31,32)(H,33,34). The molecule has 0 spiro atoms. The first-order valence-electron chi connectivity index (χ1n) is 11.0. The van der Waals surface area contributed by atoms with Gasteiger partial charge in [0.2, 0.25) is 0 Å². The Morgan fingerprint density at radius 3 is 1.36 bits per heavy atom. The number of aliphatic carboxylic acids is 2. The molecule has 186 valence electrons. The maximum atomic E-state index is 11.1. The van der Waals surface area contributed by atoms with Gasteiger partial charge >= 0.3 is 11.9 Å². The van der Waals surface area contributed by atoms with Crippen LogP contribution in [0.3, 0.4) is 0 Å². The first-order valence-corrected chi connectivity index (χ1v) is 13.0. The average molecular weight is 525 g/mol. The van der Waals surface area contributed by atoms with Crippen molar-refractivity contribution in [3.8, 4) is 11.4 Å². The second-order valence-corrected chi connectivity index (χ2v) is 9.89. The Bertz CT molecular complexity index is 1260. The molecule has 0 fully saturated rings. The van der Waals surface area contributed by atoms with Gasteiger partial charge in [-0.25, -0.2) is 0 Å². The van der Waals surface area contributed by atoms with E-state index < -0.39 is 11.9 Å². The van der Waals surface area contributed by atoms with Crippen LogP contribution in [0.25, 0.3) is 11.4 Å². The molecule has 0 amide bonds. The third-order valence-electron chi connectivity index (χ3n) is 5.21. The van der Waals surface area contributed by atoms with Gasteiger partial charge in [-0.1, -0.05) is 58.9 Å². The van der Waals surface area contributed by atoms with Crippen LogP contribution in [-0.4, -0.2) is 63.2 Å². The van der Waals surface area contributed by atoms with Crippen molar-refractivity contribution in [1.82, 2.24) is 29.5 Å². The van der Waals surface area contributed by atoms with Gasteiger partial charge in [-0.3, -0.25) is 18.7 Å². The van der Waals surface area contributed by atoms with E-state index in [1.165, 1.54) is 0 Å². The molecule has 0 aliphatic carbocycles. The third kappa shape index (κ3) is 6.13. The van der Waals surface area contributed by atoms with Gasteiger partial charge in [0.15, 0.2) is 10.3 Å². The van der Waals surface area contributed by atoms with E-state index in [2.05, 4.69) is 20.4 Å². The number of hydrogen-bond acceptors (Lipinski definition) is 8. The second kappa shape index (κ2) is 11.4. The van der Waals surface area contributed by atoms with Crippen LogP contribution >= 0.6 is 23.5 Å². The zero-order valence-corrected chi connectivity index (χ0v) is 21.3. The summed E-state index contributed by atoms with van der Waals surface area (Å²) in [6.07, 6.45) is 0.921. The quantitative estimate of drug-likeness (QED) is 0.280. The smallest absolute Gasteiger partial charge is 0.313 e. The van der Waals surface area contributed by atoms with Gasteiger partial charge < -0.3 is 10.2 Å². The average Bonchev–Trinajstić information content (AvgIpc) is 3.45. The molecule has 36 heavy (non-hydrogen) atoms. The monoisotopic (exact) mass is 524 g/mol. The van der Waals surface area contributed by atoms with Crippen LogP contribution in [0.4, 0.5) is 0 Å². The van der Waals surface area contributed by atoms with Crippen molar-refractivity contribution >= 4 is 35.5 Å². The van der Waals surface area contributed by atoms with E-state index in [9.17, 15) is 9.59 Å². The second-order valence-electron chi connectivity index (χ2n) is 8.00. The summed E-state index contributed by atoms with van der Waals surface area (Å²) in [6.45, 7) is 3.99. The number of benzene rings is 2. The molecule has 0 radical (unpaired) electrons. The fraction of sp³-hybridized carbons (Fsp3) is 0.250. The summed E-state index contributed by atoms with van der Waals surface area (Å²) in [5.41, 5.74) is 3.88. The summed E-state index contributed by atoms with van der Waals surface area (Å²) in [6, 6.07) is 15.7. The number of carbonyl (C=O) groups is 2. The summed E-state index contributed by atoms with van der Waals surface area (Å²) >= 11 is 2.22. The van der Waals surface area contributed by atoms with Crippen molar-refractivity contribution in [2.24, 2.45) is 0 Å². The minimum atomic E-state index is -0.933. The number of aryl methyl sites for hydroxylation is 4. The van der Waals surface area contributed by atoms with Crippen molar-refractivity contribution in [1.29, 1.82) is 0 Å². The number of carboxylic acids is 2. The molecule has 2 heterocycles. The fourth-order valence-corrected chi connectivity index (χ4v) is 4.88. The fourth-order valence-electron chi connectivity index (χ4n) is 3.49. The summed E-state index contributed by atoms with van der Waals surface area (Å²) in [5.74, 6) is -0.809. The van der Waals surface area contributed by atoms with Gasteiger partial charge in [0, 0.05) is 24.2 Å². The summed E-state index contributed by atoms with van der Waals surface area (Å²) in [5, 5.41) is 36.4. The molecule has 0 saturated heterocycles. The van der Waals surface area contributed by atoms with Gasteiger partial charge in [-0.05, 0) is 38.1 Å². The van der Waals surface area contributed by atoms with Crippen LogP contribution in [0.5, 0.6) is 0 Å². The van der Waals surface area contributed by atoms with E-state index in [1.54, 1.807) is 0 Å². The van der Waals surface area contributed by atoms with E-state index in [0.717, 1.165) is 46.0 Å². The van der Waals surface area contributed by atoms with E-state index in [4.69, 9.17) is 10.2 Å². The first-order chi connectivity index (χ1) is 17.3. The molecule has 10 nitrogen and oxygen atoms in total.